The van der Waals surface area contributed by atoms with Gasteiger partial charge in [0.25, 0.3) is 0 Å². The SMILES string of the molecule is CN(C)CCCCCCSCCSc1ncccc1C(=O)c1cccs1. The third-order valence-electron chi connectivity index (χ3n) is 3.87. The van der Waals surface area contributed by atoms with Crippen LogP contribution in [0.25, 0.3) is 0 Å². The van der Waals surface area contributed by atoms with Gasteiger partial charge in [-0.2, -0.15) is 11.8 Å². The van der Waals surface area contributed by atoms with E-state index in [1.807, 2.05) is 41.4 Å². The molecule has 0 unspecified atom stereocenters. The van der Waals surface area contributed by atoms with E-state index >= 15 is 0 Å². The van der Waals surface area contributed by atoms with Crippen LogP contribution >= 0.6 is 34.9 Å². The van der Waals surface area contributed by atoms with Gasteiger partial charge in [-0.3, -0.25) is 4.79 Å². The number of hydrogen-bond donors (Lipinski definition) is 0. The minimum Gasteiger partial charge on any atom is -0.309 e. The van der Waals surface area contributed by atoms with Crippen molar-refractivity contribution in [3.63, 3.8) is 0 Å². The quantitative estimate of drug-likeness (QED) is 0.254. The van der Waals surface area contributed by atoms with E-state index in [9.17, 15) is 4.79 Å². The van der Waals surface area contributed by atoms with Crippen molar-refractivity contribution >= 4 is 40.6 Å². The Labute approximate surface area is 170 Å². The lowest BCUT2D eigenvalue weighted by molar-refractivity contribution is 0.103. The molecule has 0 N–H and O–H groups in total. The summed E-state index contributed by atoms with van der Waals surface area (Å²) in [6.45, 7) is 1.19. The fourth-order valence-corrected chi connectivity index (χ4v) is 5.24. The van der Waals surface area contributed by atoms with Crippen molar-refractivity contribution in [3.05, 3.63) is 46.3 Å². The van der Waals surface area contributed by atoms with Gasteiger partial charge < -0.3 is 4.90 Å². The molecule has 0 bridgehead atoms. The highest BCUT2D eigenvalue weighted by atomic mass is 32.2. The number of thiophene rings is 1. The molecule has 0 aliphatic heterocycles. The van der Waals surface area contributed by atoms with Crippen LogP contribution in [0.3, 0.4) is 0 Å². The van der Waals surface area contributed by atoms with Crippen molar-refractivity contribution < 1.29 is 4.79 Å². The maximum Gasteiger partial charge on any atom is 0.205 e. The number of nitrogens with zero attached hydrogens (tertiary/aromatic N) is 2. The monoisotopic (exact) mass is 408 g/mol. The molecular weight excluding hydrogens is 380 g/mol. The highest BCUT2D eigenvalue weighted by molar-refractivity contribution is 8.02. The molecule has 2 rings (SSSR count). The Bertz CT molecular complexity index is 644. The van der Waals surface area contributed by atoms with Crippen LogP contribution in [0.1, 0.15) is 40.9 Å². The summed E-state index contributed by atoms with van der Waals surface area (Å²) in [5.74, 6) is 3.41. The second-order valence-electron chi connectivity index (χ2n) is 6.34. The Morgan fingerprint density at radius 2 is 1.92 bits per heavy atom. The number of thioether (sulfide) groups is 2. The normalized spacial score (nSPS) is 11.2. The Morgan fingerprint density at radius 3 is 2.69 bits per heavy atom. The molecule has 0 aliphatic rings. The molecule has 0 spiro atoms. The number of aromatic nitrogens is 1. The number of hydrogen-bond acceptors (Lipinski definition) is 6. The Morgan fingerprint density at radius 1 is 1.08 bits per heavy atom. The predicted octanol–water partition coefficient (Wildman–Crippen LogP) is 5.32. The molecule has 0 amide bonds. The van der Waals surface area contributed by atoms with Gasteiger partial charge >= 0.3 is 0 Å². The third kappa shape index (κ3) is 7.82. The van der Waals surface area contributed by atoms with E-state index in [1.165, 1.54) is 49.3 Å². The number of rotatable bonds is 13. The largest absolute Gasteiger partial charge is 0.309 e. The Kier molecular flexibility index (Phi) is 10.4. The van der Waals surface area contributed by atoms with Gasteiger partial charge in [-0.05, 0) is 62.8 Å². The van der Waals surface area contributed by atoms with Crippen molar-refractivity contribution in [2.75, 3.05) is 37.9 Å². The second kappa shape index (κ2) is 12.5. The van der Waals surface area contributed by atoms with Gasteiger partial charge in [0.2, 0.25) is 5.78 Å². The summed E-state index contributed by atoms with van der Waals surface area (Å²) in [5, 5.41) is 2.79. The van der Waals surface area contributed by atoms with Crippen molar-refractivity contribution in [2.45, 2.75) is 30.7 Å². The minimum absolute atomic E-state index is 0.0842. The van der Waals surface area contributed by atoms with Gasteiger partial charge in [-0.15, -0.1) is 23.1 Å². The highest BCUT2D eigenvalue weighted by Crippen LogP contribution is 2.25. The summed E-state index contributed by atoms with van der Waals surface area (Å²) in [4.78, 5) is 20.0. The average Bonchev–Trinajstić information content (AvgIpc) is 3.17. The Balaban J connectivity index is 1.64. The zero-order valence-corrected chi connectivity index (χ0v) is 18.1. The van der Waals surface area contributed by atoms with Crippen LogP contribution in [0.4, 0.5) is 0 Å². The smallest absolute Gasteiger partial charge is 0.205 e. The van der Waals surface area contributed by atoms with Crippen LogP contribution in [0.5, 0.6) is 0 Å². The van der Waals surface area contributed by atoms with E-state index < -0.39 is 0 Å². The number of ketones is 1. The number of pyridine rings is 1. The van der Waals surface area contributed by atoms with Gasteiger partial charge in [0.1, 0.15) is 5.03 Å². The topological polar surface area (TPSA) is 33.2 Å². The molecule has 0 fully saturated rings. The van der Waals surface area contributed by atoms with E-state index in [-0.39, 0.29) is 5.78 Å². The zero-order chi connectivity index (χ0) is 18.6. The molecule has 2 aromatic heterocycles. The van der Waals surface area contributed by atoms with Crippen LogP contribution in [-0.4, -0.2) is 53.6 Å². The molecule has 2 aromatic rings. The van der Waals surface area contributed by atoms with E-state index in [2.05, 4.69) is 24.0 Å². The third-order valence-corrected chi connectivity index (χ3v) is 7.08. The summed E-state index contributed by atoms with van der Waals surface area (Å²) >= 11 is 5.19. The molecule has 0 atom stereocenters. The molecule has 26 heavy (non-hydrogen) atoms. The summed E-state index contributed by atoms with van der Waals surface area (Å²) in [6, 6.07) is 7.52. The average molecular weight is 409 g/mol. The summed E-state index contributed by atoms with van der Waals surface area (Å²) in [7, 11) is 4.27. The second-order valence-corrected chi connectivity index (χ2v) is 9.60. The van der Waals surface area contributed by atoms with Gasteiger partial charge in [0.05, 0.1) is 10.4 Å². The maximum atomic E-state index is 12.6. The van der Waals surface area contributed by atoms with Crippen LogP contribution < -0.4 is 0 Å². The van der Waals surface area contributed by atoms with Gasteiger partial charge in [-0.1, -0.05) is 18.9 Å². The first-order valence-electron chi connectivity index (χ1n) is 9.07. The number of carbonyl (C=O) groups excluding carboxylic acids is 1. The Hall–Kier alpha value is -0.820. The minimum atomic E-state index is 0.0842. The summed E-state index contributed by atoms with van der Waals surface area (Å²) < 4.78 is 0. The fourth-order valence-electron chi connectivity index (χ4n) is 2.50. The molecule has 0 radical (unpaired) electrons. The summed E-state index contributed by atoms with van der Waals surface area (Å²) in [5.41, 5.74) is 0.728. The highest BCUT2D eigenvalue weighted by Gasteiger charge is 2.15. The lowest BCUT2D eigenvalue weighted by Crippen LogP contribution is -2.12. The lowest BCUT2D eigenvalue weighted by atomic mass is 10.1. The van der Waals surface area contributed by atoms with E-state index in [0.717, 1.165) is 27.0 Å². The van der Waals surface area contributed by atoms with Gasteiger partial charge in [0, 0.05) is 17.7 Å². The van der Waals surface area contributed by atoms with Crippen LogP contribution in [-0.2, 0) is 0 Å². The molecule has 142 valence electrons. The molecule has 0 aromatic carbocycles. The lowest BCUT2D eigenvalue weighted by Gasteiger charge is -2.08. The first kappa shape index (κ1) is 21.5. The fraction of sp³-hybridized carbons (Fsp3) is 0.500. The first-order chi connectivity index (χ1) is 12.7. The molecular formula is C20H28N2OS3. The van der Waals surface area contributed by atoms with Crippen molar-refractivity contribution in [2.24, 2.45) is 0 Å². The van der Waals surface area contributed by atoms with Crippen molar-refractivity contribution in [1.29, 1.82) is 0 Å². The van der Waals surface area contributed by atoms with E-state index in [0.29, 0.717) is 0 Å². The molecule has 6 heteroatoms. The standard InChI is InChI=1S/C20H28N2OS3/c1-22(2)12-5-3-4-6-13-24-15-16-26-20-17(9-7-11-21-20)19(23)18-10-8-14-25-18/h7-11,14H,3-6,12-13,15-16H2,1-2H3. The predicted molar refractivity (Wildman–Crippen MR) is 117 cm³/mol. The number of carbonyl (C=O) groups is 1. The molecule has 0 aliphatic carbocycles. The van der Waals surface area contributed by atoms with E-state index in [1.54, 1.807) is 18.0 Å². The van der Waals surface area contributed by atoms with E-state index in [4.69, 9.17) is 0 Å². The maximum absolute atomic E-state index is 12.6. The van der Waals surface area contributed by atoms with Gasteiger partial charge in [-0.25, -0.2) is 4.98 Å². The van der Waals surface area contributed by atoms with Crippen molar-refractivity contribution in [3.8, 4) is 0 Å². The first-order valence-corrected chi connectivity index (χ1v) is 12.1. The molecule has 3 nitrogen and oxygen atoms in total. The molecule has 0 saturated carbocycles. The van der Waals surface area contributed by atoms with Crippen LogP contribution in [0.15, 0.2) is 40.9 Å². The van der Waals surface area contributed by atoms with Gasteiger partial charge in [0.15, 0.2) is 0 Å². The zero-order valence-electron chi connectivity index (χ0n) is 15.6. The number of unbranched alkanes of at least 4 members (excludes halogenated alkanes) is 3. The van der Waals surface area contributed by atoms with Crippen LogP contribution in [0, 0.1) is 0 Å². The van der Waals surface area contributed by atoms with Crippen molar-refractivity contribution in [1.82, 2.24) is 9.88 Å². The summed E-state index contributed by atoms with van der Waals surface area (Å²) in [6.07, 6.45) is 7.03. The molecule has 0 saturated heterocycles. The van der Waals surface area contributed by atoms with Crippen LogP contribution in [0.2, 0.25) is 0 Å². The molecule has 2 heterocycles.